The fourth-order valence-corrected chi connectivity index (χ4v) is 3.04. The number of methoxy groups -OCH3 is 2. The van der Waals surface area contributed by atoms with Crippen molar-refractivity contribution in [3.8, 4) is 28.9 Å². The van der Waals surface area contributed by atoms with Crippen LogP contribution in [0.5, 0.6) is 23.1 Å². The van der Waals surface area contributed by atoms with Crippen molar-refractivity contribution in [3.63, 3.8) is 0 Å². The average Bonchev–Trinajstić information content (AvgIpc) is 3.26. The Kier molecular flexibility index (Phi) is 6.35. The SMILES string of the molecule is COc1cc(NC(=O)Nc2ccc(Oc3cc(-n4ccnc4C)ncn3)cc2)cc(OC)c1. The number of hydrogen-bond acceptors (Lipinski definition) is 7. The molecule has 4 aromatic rings. The van der Waals surface area contributed by atoms with Gasteiger partial charge in [-0.25, -0.2) is 19.7 Å². The molecule has 0 bridgehead atoms. The molecule has 10 nitrogen and oxygen atoms in total. The number of benzene rings is 2. The van der Waals surface area contributed by atoms with Crippen LogP contribution < -0.4 is 24.8 Å². The molecule has 0 aliphatic carbocycles. The van der Waals surface area contributed by atoms with Crippen molar-refractivity contribution in [3.05, 3.63) is 73.1 Å². The van der Waals surface area contributed by atoms with Crippen molar-refractivity contribution < 1.29 is 19.0 Å². The second-order valence-electron chi connectivity index (χ2n) is 6.87. The number of aryl methyl sites for hydroxylation is 1. The molecule has 33 heavy (non-hydrogen) atoms. The van der Waals surface area contributed by atoms with E-state index in [2.05, 4.69) is 25.6 Å². The first-order valence-corrected chi connectivity index (χ1v) is 9.95. The van der Waals surface area contributed by atoms with Crippen LogP contribution >= 0.6 is 0 Å². The van der Waals surface area contributed by atoms with Crippen LogP contribution in [-0.2, 0) is 0 Å². The van der Waals surface area contributed by atoms with E-state index in [4.69, 9.17) is 14.2 Å². The van der Waals surface area contributed by atoms with Gasteiger partial charge in [-0.15, -0.1) is 0 Å². The normalized spacial score (nSPS) is 10.4. The molecule has 2 N–H and O–H groups in total. The maximum Gasteiger partial charge on any atom is 0.323 e. The molecule has 2 amide bonds. The molecule has 0 fully saturated rings. The van der Waals surface area contributed by atoms with Crippen molar-refractivity contribution in [2.45, 2.75) is 6.92 Å². The summed E-state index contributed by atoms with van der Waals surface area (Å²) in [4.78, 5) is 25.0. The number of anilines is 2. The van der Waals surface area contributed by atoms with Gasteiger partial charge in [0.1, 0.15) is 35.2 Å². The molecule has 0 unspecified atom stereocenters. The van der Waals surface area contributed by atoms with Gasteiger partial charge in [-0.2, -0.15) is 0 Å². The van der Waals surface area contributed by atoms with Crippen LogP contribution in [0.15, 0.2) is 67.3 Å². The van der Waals surface area contributed by atoms with Gasteiger partial charge in [0, 0.05) is 48.0 Å². The second-order valence-corrected chi connectivity index (χ2v) is 6.87. The van der Waals surface area contributed by atoms with Crippen molar-refractivity contribution in [2.24, 2.45) is 0 Å². The van der Waals surface area contributed by atoms with E-state index in [1.54, 1.807) is 68.9 Å². The Balaban J connectivity index is 1.39. The highest BCUT2D eigenvalue weighted by Gasteiger charge is 2.08. The molecule has 0 aliphatic heterocycles. The predicted octanol–water partition coefficient (Wildman–Crippen LogP) is 4.42. The highest BCUT2D eigenvalue weighted by atomic mass is 16.5. The summed E-state index contributed by atoms with van der Waals surface area (Å²) in [5.41, 5.74) is 1.13. The number of aromatic nitrogens is 4. The van der Waals surface area contributed by atoms with E-state index >= 15 is 0 Å². The Labute approximate surface area is 190 Å². The van der Waals surface area contributed by atoms with E-state index in [9.17, 15) is 4.79 Å². The third-order valence-electron chi connectivity index (χ3n) is 4.64. The fourth-order valence-electron chi connectivity index (χ4n) is 3.04. The quantitative estimate of drug-likeness (QED) is 0.432. The molecular formula is C23H22N6O4. The van der Waals surface area contributed by atoms with Crippen LogP contribution in [0.25, 0.3) is 5.82 Å². The molecule has 0 saturated carbocycles. The smallest absolute Gasteiger partial charge is 0.323 e. The Morgan fingerprint density at radius 2 is 1.55 bits per heavy atom. The molecule has 0 spiro atoms. The zero-order valence-corrected chi connectivity index (χ0v) is 18.3. The Bertz CT molecular complexity index is 1230. The molecular weight excluding hydrogens is 424 g/mol. The number of nitrogens with zero attached hydrogens (tertiary/aromatic N) is 4. The Morgan fingerprint density at radius 3 is 2.18 bits per heavy atom. The summed E-state index contributed by atoms with van der Waals surface area (Å²) in [6.07, 6.45) is 4.94. The molecule has 0 saturated heterocycles. The lowest BCUT2D eigenvalue weighted by atomic mass is 10.2. The number of hydrogen-bond donors (Lipinski definition) is 2. The lowest BCUT2D eigenvalue weighted by molar-refractivity contribution is 0.262. The third-order valence-corrected chi connectivity index (χ3v) is 4.64. The summed E-state index contributed by atoms with van der Waals surface area (Å²) >= 11 is 0. The van der Waals surface area contributed by atoms with E-state index in [0.717, 1.165) is 5.82 Å². The van der Waals surface area contributed by atoms with E-state index in [0.29, 0.717) is 40.3 Å². The molecule has 0 radical (unpaired) electrons. The molecule has 4 rings (SSSR count). The molecule has 168 valence electrons. The summed E-state index contributed by atoms with van der Waals surface area (Å²) in [5.74, 6) is 3.55. The topological polar surface area (TPSA) is 112 Å². The standard InChI is InChI=1S/C23H22N6O4/c1-15-24-8-9-29(15)21-13-22(26-14-25-21)33-18-6-4-16(5-7-18)27-23(30)28-17-10-19(31-2)12-20(11-17)32-3/h4-14H,1-3H3,(H2,27,28,30). The third kappa shape index (κ3) is 5.37. The first-order chi connectivity index (χ1) is 16.0. The highest BCUT2D eigenvalue weighted by molar-refractivity contribution is 6.00. The minimum Gasteiger partial charge on any atom is -0.497 e. The van der Waals surface area contributed by atoms with Gasteiger partial charge in [0.05, 0.1) is 14.2 Å². The Hall–Kier alpha value is -4.60. The maximum atomic E-state index is 12.4. The van der Waals surface area contributed by atoms with Gasteiger partial charge in [0.2, 0.25) is 5.88 Å². The number of rotatable bonds is 7. The largest absolute Gasteiger partial charge is 0.497 e. The zero-order valence-electron chi connectivity index (χ0n) is 18.3. The van der Waals surface area contributed by atoms with Crippen LogP contribution in [0.2, 0.25) is 0 Å². The number of imidazole rings is 1. The van der Waals surface area contributed by atoms with Crippen molar-refractivity contribution in [1.29, 1.82) is 0 Å². The minimum absolute atomic E-state index is 0.388. The van der Waals surface area contributed by atoms with Gasteiger partial charge < -0.3 is 24.8 Å². The van der Waals surface area contributed by atoms with Gasteiger partial charge in [-0.3, -0.25) is 4.57 Å². The van der Waals surface area contributed by atoms with Gasteiger partial charge in [-0.05, 0) is 31.2 Å². The summed E-state index contributed by atoms with van der Waals surface area (Å²) in [7, 11) is 3.09. The summed E-state index contributed by atoms with van der Waals surface area (Å²) < 4.78 is 18.1. The number of nitrogens with one attached hydrogen (secondary N) is 2. The van der Waals surface area contributed by atoms with Gasteiger partial charge in [0.15, 0.2) is 0 Å². The van der Waals surface area contributed by atoms with Crippen LogP contribution in [0, 0.1) is 6.92 Å². The van der Waals surface area contributed by atoms with Gasteiger partial charge in [0.25, 0.3) is 0 Å². The van der Waals surface area contributed by atoms with Crippen LogP contribution in [-0.4, -0.2) is 39.8 Å². The maximum absolute atomic E-state index is 12.4. The minimum atomic E-state index is -0.407. The number of ether oxygens (including phenoxy) is 3. The molecule has 2 aromatic heterocycles. The van der Waals surface area contributed by atoms with Crippen LogP contribution in [0.4, 0.5) is 16.2 Å². The first kappa shape index (κ1) is 21.6. The summed E-state index contributed by atoms with van der Waals surface area (Å²) in [6.45, 7) is 1.88. The van der Waals surface area contributed by atoms with E-state index < -0.39 is 6.03 Å². The number of carbonyl (C=O) groups is 1. The zero-order chi connectivity index (χ0) is 23.2. The second kappa shape index (κ2) is 9.69. The summed E-state index contributed by atoms with van der Waals surface area (Å²) in [5, 5.41) is 5.52. The van der Waals surface area contributed by atoms with E-state index in [1.807, 2.05) is 17.7 Å². The van der Waals surface area contributed by atoms with Crippen molar-refractivity contribution >= 4 is 17.4 Å². The lowest BCUT2D eigenvalue weighted by Crippen LogP contribution is -2.19. The average molecular weight is 446 g/mol. The van der Waals surface area contributed by atoms with Gasteiger partial charge >= 0.3 is 6.03 Å². The van der Waals surface area contributed by atoms with Crippen LogP contribution in [0.3, 0.4) is 0 Å². The monoisotopic (exact) mass is 446 g/mol. The molecule has 0 aliphatic rings. The molecule has 0 atom stereocenters. The number of carbonyl (C=O) groups excluding carboxylic acids is 1. The van der Waals surface area contributed by atoms with E-state index in [-0.39, 0.29) is 0 Å². The number of amides is 2. The predicted molar refractivity (Wildman–Crippen MR) is 123 cm³/mol. The van der Waals surface area contributed by atoms with Crippen molar-refractivity contribution in [1.82, 2.24) is 19.5 Å². The van der Waals surface area contributed by atoms with Crippen molar-refractivity contribution in [2.75, 3.05) is 24.9 Å². The summed E-state index contributed by atoms with van der Waals surface area (Å²) in [6, 6.07) is 13.3. The molecule has 2 heterocycles. The lowest BCUT2D eigenvalue weighted by Gasteiger charge is -2.11. The molecule has 2 aromatic carbocycles. The van der Waals surface area contributed by atoms with Gasteiger partial charge in [-0.1, -0.05) is 0 Å². The fraction of sp³-hybridized carbons (Fsp3) is 0.130. The van der Waals surface area contributed by atoms with Crippen LogP contribution in [0.1, 0.15) is 5.82 Å². The Morgan fingerprint density at radius 1 is 0.848 bits per heavy atom. The number of urea groups is 1. The van der Waals surface area contributed by atoms with E-state index in [1.165, 1.54) is 6.33 Å². The first-order valence-electron chi connectivity index (χ1n) is 9.95. The highest BCUT2D eigenvalue weighted by Crippen LogP contribution is 2.26. The molecule has 10 heteroatoms.